The Bertz CT molecular complexity index is 1670. The maximum atomic E-state index is 5.02. The predicted molar refractivity (Wildman–Crippen MR) is 166 cm³/mol. The molecule has 9 rings (SSSR count). The number of hydrogen-bond donors (Lipinski definition) is 3. The van der Waals surface area contributed by atoms with Crippen LogP contribution in [0.4, 0.5) is 5.69 Å². The van der Waals surface area contributed by atoms with Crippen molar-refractivity contribution in [3.8, 4) is 33.5 Å². The highest BCUT2D eigenvalue weighted by Crippen LogP contribution is 2.56. The zero-order chi connectivity index (χ0) is 26.9. The first-order valence-electron chi connectivity index (χ1n) is 15.8. The summed E-state index contributed by atoms with van der Waals surface area (Å²) in [7, 11) is 0. The molecule has 4 heterocycles. The summed E-state index contributed by atoms with van der Waals surface area (Å²) in [6.07, 6.45) is 11.8. The first kappa shape index (κ1) is 24.1. The first-order valence-corrected chi connectivity index (χ1v) is 15.8. The zero-order valence-corrected chi connectivity index (χ0v) is 23.5. The number of aromatic nitrogens is 2. The Hall–Kier alpha value is -3.54. The lowest BCUT2D eigenvalue weighted by molar-refractivity contribution is 0.281. The summed E-state index contributed by atoms with van der Waals surface area (Å²) in [6.45, 7) is 2.21. The van der Waals surface area contributed by atoms with Crippen LogP contribution in [0.2, 0.25) is 0 Å². The van der Waals surface area contributed by atoms with Crippen molar-refractivity contribution in [1.29, 1.82) is 0 Å². The first-order chi connectivity index (χ1) is 20.3. The van der Waals surface area contributed by atoms with E-state index in [9.17, 15) is 0 Å². The number of aliphatic imine (C=N–C) groups is 1. The van der Waals surface area contributed by atoms with Crippen LogP contribution in [0.15, 0.2) is 65.8 Å². The van der Waals surface area contributed by atoms with Gasteiger partial charge in [-0.25, -0.2) is 4.98 Å². The molecule has 4 aromatic rings. The summed E-state index contributed by atoms with van der Waals surface area (Å²) in [4.78, 5) is 13.3. The molecule has 5 aliphatic rings. The Kier molecular flexibility index (Phi) is 5.58. The van der Waals surface area contributed by atoms with Crippen LogP contribution < -0.4 is 10.6 Å². The van der Waals surface area contributed by atoms with Crippen LogP contribution in [0, 0.1) is 5.92 Å². The number of rotatable bonds is 5. The summed E-state index contributed by atoms with van der Waals surface area (Å²) in [5.74, 6) is 2.59. The van der Waals surface area contributed by atoms with E-state index in [1.807, 2.05) is 6.20 Å². The van der Waals surface area contributed by atoms with E-state index in [1.165, 1.54) is 83.3 Å². The Balaban J connectivity index is 1.03. The van der Waals surface area contributed by atoms with Gasteiger partial charge in [0.15, 0.2) is 0 Å². The molecule has 1 saturated carbocycles. The van der Waals surface area contributed by atoms with Gasteiger partial charge in [0.2, 0.25) is 0 Å². The molecule has 2 saturated heterocycles. The van der Waals surface area contributed by atoms with Crippen LogP contribution in [0.3, 0.4) is 0 Å². The summed E-state index contributed by atoms with van der Waals surface area (Å²) in [6, 6.07) is 21.8. The van der Waals surface area contributed by atoms with Crippen LogP contribution >= 0.6 is 0 Å². The van der Waals surface area contributed by atoms with Crippen molar-refractivity contribution in [3.05, 3.63) is 83.3 Å². The molecule has 41 heavy (non-hydrogen) atoms. The zero-order valence-electron chi connectivity index (χ0n) is 23.5. The Morgan fingerprint density at radius 1 is 0.732 bits per heavy atom. The third kappa shape index (κ3) is 3.97. The van der Waals surface area contributed by atoms with Gasteiger partial charge in [-0.3, -0.25) is 4.99 Å². The van der Waals surface area contributed by atoms with Gasteiger partial charge in [0.1, 0.15) is 5.82 Å². The monoisotopic (exact) mass is 539 g/mol. The summed E-state index contributed by atoms with van der Waals surface area (Å²) in [5, 5.41) is 7.18. The molecule has 0 spiro atoms. The highest BCUT2D eigenvalue weighted by molar-refractivity contribution is 5.98. The number of H-pyrrole nitrogens is 1. The number of fused-ring (bicyclic) bond motifs is 4. The molecule has 5 heteroatoms. The number of hydrogen-bond acceptors (Lipinski definition) is 4. The van der Waals surface area contributed by atoms with Crippen molar-refractivity contribution in [3.63, 3.8) is 0 Å². The van der Waals surface area contributed by atoms with Crippen molar-refractivity contribution in [2.75, 3.05) is 13.1 Å². The highest BCUT2D eigenvalue weighted by atomic mass is 15.0. The molecule has 1 aromatic heterocycles. The van der Waals surface area contributed by atoms with Gasteiger partial charge >= 0.3 is 0 Å². The smallest absolute Gasteiger partial charge is 0.123 e. The van der Waals surface area contributed by atoms with Gasteiger partial charge in [-0.2, -0.15) is 0 Å². The average Bonchev–Trinajstić information content (AvgIpc) is 3.82. The standard InChI is InChI=1S/C36H37N5/c1-3-31(37-15-1)33-19-25-17-23(10-14-30(25)40-33)26-12-13-27(35-28-11-9-24(28)18-29(26)35)21-5-7-22(8-6-21)34-20-39-36(41-34)32-4-2-16-38-32/h5-8,10,12-14,17,20,24,28,31-32,37-38H,1-4,9,11,15-16,18-19H2,(H,39,41)/t24?,28?,31-,32-/m0/s1. The summed E-state index contributed by atoms with van der Waals surface area (Å²) in [5.41, 5.74) is 15.0. The molecule has 3 fully saturated rings. The lowest BCUT2D eigenvalue weighted by atomic mass is 9.73. The molecule has 206 valence electrons. The lowest BCUT2D eigenvalue weighted by Gasteiger charge is -2.31. The fraction of sp³-hybridized carbons (Fsp3) is 0.389. The maximum Gasteiger partial charge on any atom is 0.123 e. The molecule has 3 aliphatic heterocycles. The fourth-order valence-corrected chi connectivity index (χ4v) is 8.26. The normalized spacial score (nSPS) is 26.0. The van der Waals surface area contributed by atoms with E-state index in [2.05, 4.69) is 75.2 Å². The molecule has 4 atom stereocenters. The minimum atomic E-state index is 0.365. The Morgan fingerprint density at radius 2 is 1.51 bits per heavy atom. The second-order valence-electron chi connectivity index (χ2n) is 12.9. The molecule has 3 N–H and O–H groups in total. The van der Waals surface area contributed by atoms with Crippen LogP contribution in [0.25, 0.3) is 33.5 Å². The SMILES string of the molecule is c1cc(-c2ccc(-c3ccc4c(c3)CC([C@@H]3CCCN3)=N4)c3c2C2CCC2C3)ccc1-c1cnc([C@@H]2CCCN2)[nH]1. The number of nitrogens with zero attached hydrogens (tertiary/aromatic N) is 2. The van der Waals surface area contributed by atoms with E-state index in [1.54, 1.807) is 11.1 Å². The van der Waals surface area contributed by atoms with E-state index in [0.717, 1.165) is 43.4 Å². The average molecular weight is 540 g/mol. The van der Waals surface area contributed by atoms with Crippen LogP contribution in [0.5, 0.6) is 0 Å². The maximum absolute atomic E-state index is 5.02. The molecule has 0 bridgehead atoms. The number of benzene rings is 3. The van der Waals surface area contributed by atoms with Gasteiger partial charge in [-0.1, -0.05) is 42.5 Å². The summed E-state index contributed by atoms with van der Waals surface area (Å²) < 4.78 is 0. The lowest BCUT2D eigenvalue weighted by Crippen LogP contribution is -2.30. The van der Waals surface area contributed by atoms with E-state index in [4.69, 9.17) is 4.99 Å². The summed E-state index contributed by atoms with van der Waals surface area (Å²) >= 11 is 0. The highest BCUT2D eigenvalue weighted by Gasteiger charge is 2.42. The fourth-order valence-electron chi connectivity index (χ4n) is 8.26. The minimum absolute atomic E-state index is 0.365. The predicted octanol–water partition coefficient (Wildman–Crippen LogP) is 7.27. The minimum Gasteiger partial charge on any atom is -0.341 e. The molecule has 0 amide bonds. The molecular formula is C36H37N5. The van der Waals surface area contributed by atoms with Crippen molar-refractivity contribution in [2.24, 2.45) is 10.9 Å². The van der Waals surface area contributed by atoms with E-state index < -0.39 is 0 Å². The van der Waals surface area contributed by atoms with Gasteiger partial charge in [-0.05, 0) is 127 Å². The number of nitrogens with one attached hydrogen (secondary N) is 3. The van der Waals surface area contributed by atoms with Crippen LogP contribution in [-0.2, 0) is 12.8 Å². The second kappa shape index (κ2) is 9.50. The molecule has 2 unspecified atom stereocenters. The van der Waals surface area contributed by atoms with Crippen LogP contribution in [-0.4, -0.2) is 34.8 Å². The van der Waals surface area contributed by atoms with Gasteiger partial charge in [0.05, 0.1) is 23.6 Å². The van der Waals surface area contributed by atoms with E-state index in [-0.39, 0.29) is 0 Å². The van der Waals surface area contributed by atoms with Gasteiger partial charge in [-0.15, -0.1) is 0 Å². The van der Waals surface area contributed by atoms with E-state index in [0.29, 0.717) is 18.0 Å². The second-order valence-corrected chi connectivity index (χ2v) is 12.9. The molecule has 2 aliphatic carbocycles. The van der Waals surface area contributed by atoms with Gasteiger partial charge in [0.25, 0.3) is 0 Å². The number of imidazole rings is 1. The van der Waals surface area contributed by atoms with Gasteiger partial charge in [0, 0.05) is 18.2 Å². The van der Waals surface area contributed by atoms with Crippen LogP contribution in [0.1, 0.15) is 73.0 Å². The van der Waals surface area contributed by atoms with E-state index >= 15 is 0 Å². The number of aromatic amines is 1. The molecular weight excluding hydrogens is 502 g/mol. The Morgan fingerprint density at radius 3 is 2.29 bits per heavy atom. The molecule has 0 radical (unpaired) electrons. The van der Waals surface area contributed by atoms with Crippen molar-refractivity contribution < 1.29 is 0 Å². The largest absolute Gasteiger partial charge is 0.341 e. The third-order valence-corrected chi connectivity index (χ3v) is 10.6. The molecule has 3 aromatic carbocycles. The Labute approximate surface area is 241 Å². The molecule has 5 nitrogen and oxygen atoms in total. The van der Waals surface area contributed by atoms with Crippen molar-refractivity contribution >= 4 is 11.4 Å². The third-order valence-electron chi connectivity index (χ3n) is 10.6. The van der Waals surface area contributed by atoms with Crippen molar-refractivity contribution in [2.45, 2.75) is 69.4 Å². The van der Waals surface area contributed by atoms with Crippen molar-refractivity contribution in [1.82, 2.24) is 20.6 Å². The van der Waals surface area contributed by atoms with Gasteiger partial charge < -0.3 is 15.6 Å². The quantitative estimate of drug-likeness (QED) is 0.250. The topological polar surface area (TPSA) is 65.1 Å².